The van der Waals surface area contributed by atoms with E-state index in [1.165, 1.54) is 173 Å². The Labute approximate surface area is 464 Å². The normalized spacial score (nSPS) is 11.6. The molecule has 0 fully saturated rings. The monoisotopic (exact) mass is 1150 g/mol. The molecule has 0 atom stereocenters. The Kier molecular flexibility index (Phi) is 45.3. The number of rotatable bonds is 39. The molecule has 73 heavy (non-hydrogen) atoms. The molecule has 0 unspecified atom stereocenters. The van der Waals surface area contributed by atoms with Crippen molar-refractivity contribution in [2.45, 2.75) is 267 Å². The summed E-state index contributed by atoms with van der Waals surface area (Å²) in [6.45, 7) is 11.1. The summed E-state index contributed by atoms with van der Waals surface area (Å²) in [5.74, 6) is -1.16. The number of benzene rings is 3. The molecule has 0 amide bonds. The van der Waals surface area contributed by atoms with Gasteiger partial charge in [-0.05, 0) is 71.9 Å². The Hall–Kier alpha value is -1.73. The van der Waals surface area contributed by atoms with E-state index in [9.17, 15) is 38.9 Å². The van der Waals surface area contributed by atoms with E-state index in [1.807, 2.05) is 36.4 Å². The van der Waals surface area contributed by atoms with Gasteiger partial charge < -0.3 is 13.7 Å². The van der Waals surface area contributed by atoms with Crippen molar-refractivity contribution in [3.63, 3.8) is 0 Å². The van der Waals surface area contributed by atoms with E-state index >= 15 is 0 Å². The predicted octanol–water partition coefficient (Wildman–Crippen LogP) is 16.9. The van der Waals surface area contributed by atoms with Crippen molar-refractivity contribution in [1.29, 1.82) is 0 Å². The molecule has 0 aromatic heterocycles. The van der Waals surface area contributed by atoms with Crippen molar-refractivity contribution in [2.75, 3.05) is 0 Å². The van der Waals surface area contributed by atoms with Crippen molar-refractivity contribution >= 4 is 30.4 Å². The Morgan fingerprint density at radius 2 is 0.466 bits per heavy atom. The molecule has 3 aromatic carbocycles. The van der Waals surface area contributed by atoms with Crippen LogP contribution in [0.4, 0.5) is 0 Å². The van der Waals surface area contributed by atoms with Gasteiger partial charge in [-0.3, -0.25) is 0 Å². The molecule has 0 spiro atoms. The van der Waals surface area contributed by atoms with Crippen LogP contribution in [-0.2, 0) is 91.6 Å². The van der Waals surface area contributed by atoms with Gasteiger partial charge in [-0.1, -0.05) is 267 Å². The summed E-state index contributed by atoms with van der Waals surface area (Å²) in [7, 11) is -12.6. The van der Waals surface area contributed by atoms with Crippen LogP contribution < -0.4 is 0 Å². The summed E-state index contributed by atoms with van der Waals surface area (Å²) in [6, 6.07) is 22.2. The van der Waals surface area contributed by atoms with Gasteiger partial charge in [0.2, 0.25) is 0 Å². The van der Waals surface area contributed by atoms with Gasteiger partial charge in [-0.25, -0.2) is 25.3 Å². The zero-order valence-corrected chi connectivity index (χ0v) is 51.3. The van der Waals surface area contributed by atoms with Crippen molar-refractivity contribution in [1.82, 2.24) is 0 Å². The topological polar surface area (TPSA) is 172 Å². The Balaban J connectivity index is 0.00000102. The molecule has 0 bridgehead atoms. The number of hydrogen-bond acceptors (Lipinski definition) is 9. The Morgan fingerprint density at radius 1 is 0.315 bits per heavy atom. The third-order valence-electron chi connectivity index (χ3n) is 12.8. The fourth-order valence-electron chi connectivity index (χ4n) is 8.81. The maximum absolute atomic E-state index is 10.9. The van der Waals surface area contributed by atoms with Crippen LogP contribution in [0.25, 0.3) is 0 Å². The average molecular weight is 1150 g/mol. The zero-order chi connectivity index (χ0) is 54.5. The summed E-state index contributed by atoms with van der Waals surface area (Å²) in [4.78, 5) is 0. The molecule has 9 nitrogen and oxygen atoms in total. The fraction of sp³-hybridized carbons (Fsp3) is 0.700. The van der Waals surface area contributed by atoms with Crippen molar-refractivity contribution in [3.05, 3.63) is 106 Å². The molecule has 0 aliphatic carbocycles. The van der Waals surface area contributed by atoms with E-state index in [2.05, 4.69) is 34.6 Å². The second kappa shape index (κ2) is 46.4. The zero-order valence-electron chi connectivity index (χ0n) is 46.4. The molecule has 0 aliphatic heterocycles. The van der Waals surface area contributed by atoms with Crippen LogP contribution in [0.3, 0.4) is 0 Å². The second-order valence-corrected chi connectivity index (χ2v) is 27.4. The molecule has 0 saturated carbocycles. The summed E-state index contributed by atoms with van der Waals surface area (Å²) in [6.07, 6.45) is 41.1. The predicted molar refractivity (Wildman–Crippen MR) is 301 cm³/mol. The third kappa shape index (κ3) is 48.4. The van der Waals surface area contributed by atoms with Gasteiger partial charge in [0.1, 0.15) is 0 Å². The van der Waals surface area contributed by atoms with E-state index in [4.69, 9.17) is 0 Å². The first-order valence-corrected chi connectivity index (χ1v) is 34.7. The van der Waals surface area contributed by atoms with Crippen LogP contribution in [0.1, 0.15) is 261 Å². The van der Waals surface area contributed by atoms with Gasteiger partial charge in [0, 0.05) is 0 Å². The number of unbranched alkanes of at least 4 members (excludes halogenated alkanes) is 27. The number of aryl methyl sites for hydroxylation is 3. The maximum atomic E-state index is 10.9. The summed E-state index contributed by atoms with van der Waals surface area (Å²) < 4.78 is 99.4. The molecule has 0 radical (unpaired) electrons. The van der Waals surface area contributed by atoms with Crippen molar-refractivity contribution in [2.24, 2.45) is 0 Å². The van der Waals surface area contributed by atoms with Gasteiger partial charge in [0.05, 0.1) is 47.6 Å². The second-order valence-electron chi connectivity index (χ2n) is 20.4. The standard InChI is InChI=1S/3C19H32O3S.C3H7.Zr/c3*1-2-3-4-5-6-7-8-9-10-11-14-18-15-12-13-16-19(18)17-23(20,21)22;1-3-2;/h3*12-13,15-16H,2-11,14,17H2,1H3,(H,20,21,22);3H,1-2H3;/q;;;;+3/p-3. The van der Waals surface area contributed by atoms with Gasteiger partial charge >= 0.3 is 42.2 Å². The minimum atomic E-state index is -4.20. The molecule has 13 heteroatoms. The molecule has 0 aliphatic rings. The summed E-state index contributed by atoms with van der Waals surface area (Å²) in [5, 5.41) is 0. The van der Waals surface area contributed by atoms with Gasteiger partial charge in [0.15, 0.2) is 0 Å². The molecular weight excluding hydrogens is 1050 g/mol. The number of hydrogen-bond donors (Lipinski definition) is 0. The van der Waals surface area contributed by atoms with E-state index in [0.717, 1.165) is 58.8 Å². The Morgan fingerprint density at radius 3 is 0.630 bits per heavy atom. The molecule has 416 valence electrons. The van der Waals surface area contributed by atoms with Crippen LogP contribution >= 0.6 is 0 Å². The first kappa shape index (κ1) is 71.3. The van der Waals surface area contributed by atoms with Crippen LogP contribution in [0, 0.1) is 0 Å². The summed E-state index contributed by atoms with van der Waals surface area (Å²) in [5.41, 5.74) is 5.01. The van der Waals surface area contributed by atoms with E-state index in [1.54, 1.807) is 61.1 Å². The van der Waals surface area contributed by atoms with Gasteiger partial charge in [0.25, 0.3) is 0 Å². The van der Waals surface area contributed by atoms with Crippen LogP contribution in [0.5, 0.6) is 0 Å². The van der Waals surface area contributed by atoms with Crippen molar-refractivity contribution in [3.8, 4) is 0 Å². The Bertz CT molecular complexity index is 1860. The molecule has 0 saturated heterocycles. The SMILES string of the molecule is CCCCCCCCCCCCc1ccccc1CS(=O)(=O)[O-].CCCCCCCCCCCCc1ccccc1CS(=O)(=O)[O-].CCCCCCCCCCCCc1ccccc1CS(=O)(=O)[O-].C[CH](C)[Zr+3]. The third-order valence-corrected chi connectivity index (χ3v) is 14.7. The molecule has 3 aromatic rings. The van der Waals surface area contributed by atoms with Gasteiger partial charge in [-0.2, -0.15) is 0 Å². The van der Waals surface area contributed by atoms with Gasteiger partial charge in [-0.15, -0.1) is 0 Å². The van der Waals surface area contributed by atoms with E-state index in [0.29, 0.717) is 16.7 Å². The average Bonchev–Trinajstić information content (AvgIpc) is 3.31. The minimum absolute atomic E-state index is 0.388. The van der Waals surface area contributed by atoms with Crippen LogP contribution in [0.2, 0.25) is 3.63 Å². The van der Waals surface area contributed by atoms with Crippen molar-refractivity contribution < 1.29 is 63.6 Å². The first-order chi connectivity index (χ1) is 34.8. The summed E-state index contributed by atoms with van der Waals surface area (Å²) >= 11 is 1.64. The molecule has 0 N–H and O–H groups in total. The molecular formula is C60H100O9S3Zr. The molecule has 3 rings (SSSR count). The fourth-order valence-corrected chi connectivity index (χ4v) is 10.8. The van der Waals surface area contributed by atoms with E-state index in [-0.39, 0.29) is 17.3 Å². The molecule has 0 heterocycles. The van der Waals surface area contributed by atoms with E-state index < -0.39 is 30.4 Å². The quantitative estimate of drug-likeness (QED) is 0.0398. The van der Waals surface area contributed by atoms with Crippen LogP contribution in [-0.4, -0.2) is 38.9 Å². The van der Waals surface area contributed by atoms with Crippen LogP contribution in [0.15, 0.2) is 72.8 Å². The first-order valence-electron chi connectivity index (χ1n) is 28.5.